The molecule has 5 nitrogen and oxygen atoms in total. The molecule has 0 radical (unpaired) electrons. The van der Waals surface area contributed by atoms with Crippen LogP contribution in [0.5, 0.6) is 0 Å². The van der Waals surface area contributed by atoms with Crippen LogP contribution in [0.15, 0.2) is 41.4 Å². The Balaban J connectivity index is 2.64. The van der Waals surface area contributed by atoms with Gasteiger partial charge in [-0.15, -0.1) is 0 Å². The average molecular weight is 312 g/mol. The zero-order valence-corrected chi connectivity index (χ0v) is 11.9. The first-order chi connectivity index (χ1) is 9.29. The minimum Gasteiger partial charge on any atom is -0.478 e. The second kappa shape index (κ2) is 5.22. The maximum atomic E-state index is 11.6. The fourth-order valence-corrected chi connectivity index (χ4v) is 2.61. The number of halogens is 1. The molecule has 0 unspecified atom stereocenters. The van der Waals surface area contributed by atoms with Crippen LogP contribution in [0, 0.1) is 0 Å². The van der Waals surface area contributed by atoms with E-state index in [1.54, 1.807) is 24.3 Å². The second-order valence-electron chi connectivity index (χ2n) is 4.13. The SMILES string of the molecule is CS(=O)(=O)c1nc(-c2ccc(Cl)cc2)ccc1C(=O)O. The predicted octanol–water partition coefficient (Wildman–Crippen LogP) is 2.50. The zero-order chi connectivity index (χ0) is 14.9. The number of carboxylic acid groups (broad SMARTS) is 1. The summed E-state index contributed by atoms with van der Waals surface area (Å²) in [4.78, 5) is 15.0. The van der Waals surface area contributed by atoms with Crippen LogP contribution in [0.1, 0.15) is 10.4 Å². The maximum Gasteiger partial charge on any atom is 0.338 e. The fraction of sp³-hybridized carbons (Fsp3) is 0.0769. The van der Waals surface area contributed by atoms with Gasteiger partial charge >= 0.3 is 5.97 Å². The number of aromatic nitrogens is 1. The molecule has 104 valence electrons. The van der Waals surface area contributed by atoms with Gasteiger partial charge in [-0.2, -0.15) is 0 Å². The van der Waals surface area contributed by atoms with Crippen molar-refractivity contribution < 1.29 is 18.3 Å². The first-order valence-corrected chi connectivity index (χ1v) is 7.76. The van der Waals surface area contributed by atoms with Gasteiger partial charge in [0.25, 0.3) is 0 Å². The molecule has 2 rings (SSSR count). The molecule has 2 aromatic rings. The summed E-state index contributed by atoms with van der Waals surface area (Å²) in [6.07, 6.45) is 0.924. The molecule has 7 heteroatoms. The van der Waals surface area contributed by atoms with E-state index in [0.717, 1.165) is 6.26 Å². The molecule has 1 aromatic heterocycles. The molecule has 0 bridgehead atoms. The van der Waals surface area contributed by atoms with E-state index in [1.807, 2.05) is 0 Å². The lowest BCUT2D eigenvalue weighted by Crippen LogP contribution is -2.10. The van der Waals surface area contributed by atoms with Gasteiger partial charge in [-0.1, -0.05) is 23.7 Å². The molecular formula is C13H10ClNO4S. The Kier molecular flexibility index (Phi) is 3.78. The lowest BCUT2D eigenvalue weighted by atomic mass is 10.1. The van der Waals surface area contributed by atoms with Crippen LogP contribution in [-0.2, 0) is 9.84 Å². The number of sulfone groups is 1. The van der Waals surface area contributed by atoms with Crippen molar-refractivity contribution in [2.45, 2.75) is 5.03 Å². The van der Waals surface area contributed by atoms with Gasteiger partial charge in [0.05, 0.1) is 11.3 Å². The molecule has 0 atom stereocenters. The van der Waals surface area contributed by atoms with E-state index in [9.17, 15) is 13.2 Å². The molecule has 20 heavy (non-hydrogen) atoms. The van der Waals surface area contributed by atoms with E-state index in [1.165, 1.54) is 12.1 Å². The van der Waals surface area contributed by atoms with Crippen LogP contribution in [0.25, 0.3) is 11.3 Å². The summed E-state index contributed by atoms with van der Waals surface area (Å²) >= 11 is 5.78. The average Bonchev–Trinajstić information content (AvgIpc) is 2.38. The number of hydrogen-bond donors (Lipinski definition) is 1. The van der Waals surface area contributed by atoms with Crippen LogP contribution in [-0.4, -0.2) is 30.7 Å². The number of nitrogens with zero attached hydrogens (tertiary/aromatic N) is 1. The number of pyridine rings is 1. The summed E-state index contributed by atoms with van der Waals surface area (Å²) in [6.45, 7) is 0. The van der Waals surface area contributed by atoms with Gasteiger partial charge in [0, 0.05) is 16.8 Å². The quantitative estimate of drug-likeness (QED) is 0.941. The minimum absolute atomic E-state index is 0.342. The monoisotopic (exact) mass is 311 g/mol. The van der Waals surface area contributed by atoms with Gasteiger partial charge in [0.1, 0.15) is 0 Å². The molecular weight excluding hydrogens is 302 g/mol. The highest BCUT2D eigenvalue weighted by Crippen LogP contribution is 2.23. The lowest BCUT2D eigenvalue weighted by molar-refractivity contribution is 0.0691. The van der Waals surface area contributed by atoms with Crippen molar-refractivity contribution in [3.8, 4) is 11.3 Å². The molecule has 1 aromatic carbocycles. The van der Waals surface area contributed by atoms with Crippen LogP contribution < -0.4 is 0 Å². The summed E-state index contributed by atoms with van der Waals surface area (Å²) in [6, 6.07) is 9.33. The van der Waals surface area contributed by atoms with Gasteiger partial charge in [-0.3, -0.25) is 0 Å². The third-order valence-electron chi connectivity index (χ3n) is 2.58. The second-order valence-corrected chi connectivity index (χ2v) is 6.50. The van der Waals surface area contributed by atoms with Crippen molar-refractivity contribution in [3.63, 3.8) is 0 Å². The van der Waals surface area contributed by atoms with Crippen LogP contribution >= 0.6 is 11.6 Å². The highest BCUT2D eigenvalue weighted by molar-refractivity contribution is 7.90. The maximum absolute atomic E-state index is 11.6. The van der Waals surface area contributed by atoms with Crippen molar-refractivity contribution >= 4 is 27.4 Å². The number of aromatic carboxylic acids is 1. The Labute approximate surface area is 120 Å². The lowest BCUT2D eigenvalue weighted by Gasteiger charge is -2.07. The Morgan fingerprint density at radius 2 is 1.75 bits per heavy atom. The molecule has 0 fully saturated rings. The first-order valence-electron chi connectivity index (χ1n) is 5.49. The highest BCUT2D eigenvalue weighted by atomic mass is 35.5. The third kappa shape index (κ3) is 2.97. The molecule has 0 saturated carbocycles. The number of hydrogen-bond acceptors (Lipinski definition) is 4. The summed E-state index contributed by atoms with van der Waals surface area (Å²) < 4.78 is 23.3. The fourth-order valence-electron chi connectivity index (χ4n) is 1.67. The molecule has 0 aliphatic rings. The summed E-state index contributed by atoms with van der Waals surface area (Å²) in [5.41, 5.74) is 0.675. The van der Waals surface area contributed by atoms with Gasteiger partial charge in [-0.25, -0.2) is 18.2 Å². The predicted molar refractivity (Wildman–Crippen MR) is 74.8 cm³/mol. The molecule has 0 amide bonds. The molecule has 0 aliphatic carbocycles. The normalized spacial score (nSPS) is 11.3. The Morgan fingerprint density at radius 1 is 1.15 bits per heavy atom. The van der Waals surface area contributed by atoms with E-state index in [2.05, 4.69) is 4.98 Å². The number of rotatable bonds is 3. The minimum atomic E-state index is -3.74. The smallest absolute Gasteiger partial charge is 0.338 e. The summed E-state index contributed by atoms with van der Waals surface area (Å²) in [5.74, 6) is -1.33. The molecule has 0 spiro atoms. The van der Waals surface area contributed by atoms with E-state index in [4.69, 9.17) is 16.7 Å². The van der Waals surface area contributed by atoms with E-state index in [-0.39, 0.29) is 5.56 Å². The highest BCUT2D eigenvalue weighted by Gasteiger charge is 2.21. The first kappa shape index (κ1) is 14.5. The largest absolute Gasteiger partial charge is 0.478 e. The van der Waals surface area contributed by atoms with Gasteiger partial charge < -0.3 is 5.11 Å². The van der Waals surface area contributed by atoms with Crippen molar-refractivity contribution in [1.82, 2.24) is 4.98 Å². The van der Waals surface area contributed by atoms with E-state index < -0.39 is 20.8 Å². The van der Waals surface area contributed by atoms with E-state index in [0.29, 0.717) is 16.3 Å². The number of carboxylic acids is 1. The van der Waals surface area contributed by atoms with Crippen molar-refractivity contribution in [1.29, 1.82) is 0 Å². The van der Waals surface area contributed by atoms with Crippen LogP contribution in [0.2, 0.25) is 5.02 Å². The molecule has 1 N–H and O–H groups in total. The molecule has 0 aliphatic heterocycles. The Hall–Kier alpha value is -1.92. The van der Waals surface area contributed by atoms with Gasteiger partial charge in [0.15, 0.2) is 14.9 Å². The van der Waals surface area contributed by atoms with Crippen LogP contribution in [0.3, 0.4) is 0 Å². The Morgan fingerprint density at radius 3 is 2.25 bits per heavy atom. The standard InChI is InChI=1S/C13H10ClNO4S/c1-20(18,19)12-10(13(16)17)6-7-11(15-12)8-2-4-9(14)5-3-8/h2-7H,1H3,(H,16,17). The van der Waals surface area contributed by atoms with Crippen LogP contribution in [0.4, 0.5) is 0 Å². The topological polar surface area (TPSA) is 84.3 Å². The summed E-state index contributed by atoms with van der Waals surface area (Å²) in [7, 11) is -3.74. The number of carbonyl (C=O) groups is 1. The number of benzene rings is 1. The van der Waals surface area contributed by atoms with E-state index >= 15 is 0 Å². The zero-order valence-electron chi connectivity index (χ0n) is 10.4. The third-order valence-corrected chi connectivity index (χ3v) is 3.85. The molecule has 0 saturated heterocycles. The van der Waals surface area contributed by atoms with Gasteiger partial charge in [-0.05, 0) is 24.3 Å². The Bertz CT molecular complexity index is 769. The van der Waals surface area contributed by atoms with Crippen molar-refractivity contribution in [3.05, 3.63) is 47.0 Å². The summed E-state index contributed by atoms with van der Waals surface area (Å²) in [5, 5.41) is 9.10. The molecule has 1 heterocycles. The van der Waals surface area contributed by atoms with Crippen molar-refractivity contribution in [2.75, 3.05) is 6.26 Å². The van der Waals surface area contributed by atoms with Gasteiger partial charge in [0.2, 0.25) is 0 Å². The van der Waals surface area contributed by atoms with Crippen molar-refractivity contribution in [2.24, 2.45) is 0 Å².